The Morgan fingerprint density at radius 3 is 2.35 bits per heavy atom. The summed E-state index contributed by atoms with van der Waals surface area (Å²) in [5, 5.41) is 0.870. The maximum atomic E-state index is 12.1. The average Bonchev–Trinajstić information content (AvgIpc) is 2.88. The van der Waals surface area contributed by atoms with Gasteiger partial charge < -0.3 is 14.2 Å². The number of methoxy groups -OCH3 is 1. The molecule has 34 heavy (non-hydrogen) atoms. The Balaban J connectivity index is 1.37. The molecule has 1 unspecified atom stereocenters. The Hall–Kier alpha value is -3.29. The van der Waals surface area contributed by atoms with E-state index in [1.165, 1.54) is 7.11 Å². The second-order valence-corrected chi connectivity index (χ2v) is 8.53. The van der Waals surface area contributed by atoms with Crippen LogP contribution >= 0.6 is 15.9 Å². The topological polar surface area (TPSA) is 70.5 Å². The number of ether oxygens (including phenoxy) is 3. The first kappa shape index (κ1) is 23.9. The molecular weight excluding hydrogens is 496 g/mol. The van der Waals surface area contributed by atoms with E-state index in [1.807, 2.05) is 78.9 Å². The highest BCUT2D eigenvalue weighted by Gasteiger charge is 2.21. The number of unbranched alkanes of at least 4 members (excludes halogenated alkanes) is 1. The molecule has 1 heterocycles. The van der Waals surface area contributed by atoms with Crippen molar-refractivity contribution >= 4 is 32.8 Å². The van der Waals surface area contributed by atoms with Crippen molar-refractivity contribution in [3.63, 3.8) is 0 Å². The van der Waals surface area contributed by atoms with E-state index in [1.54, 1.807) is 0 Å². The highest BCUT2D eigenvalue weighted by molar-refractivity contribution is 9.10. The van der Waals surface area contributed by atoms with Gasteiger partial charge in [0.2, 0.25) is 5.88 Å². The molecule has 0 saturated heterocycles. The van der Waals surface area contributed by atoms with Crippen molar-refractivity contribution < 1.29 is 19.0 Å². The van der Waals surface area contributed by atoms with Crippen molar-refractivity contribution in [1.29, 1.82) is 0 Å². The first-order chi connectivity index (χ1) is 16.7. The van der Waals surface area contributed by atoms with Crippen molar-refractivity contribution in [2.24, 2.45) is 0 Å². The van der Waals surface area contributed by atoms with Crippen molar-refractivity contribution in [2.45, 2.75) is 18.9 Å². The largest absolute Gasteiger partial charge is 0.477 e. The Morgan fingerprint density at radius 2 is 1.59 bits per heavy atom. The van der Waals surface area contributed by atoms with E-state index in [-0.39, 0.29) is 0 Å². The second-order valence-electron chi connectivity index (χ2n) is 7.62. The molecule has 3 aromatic carbocycles. The number of rotatable bonds is 10. The third-order valence-corrected chi connectivity index (χ3v) is 5.78. The zero-order chi connectivity index (χ0) is 23.8. The highest BCUT2D eigenvalue weighted by Crippen LogP contribution is 2.27. The molecule has 1 atom stereocenters. The summed E-state index contributed by atoms with van der Waals surface area (Å²) in [6, 6.07) is 25.0. The summed E-state index contributed by atoms with van der Waals surface area (Å²) >= 11 is 3.46. The van der Waals surface area contributed by atoms with E-state index < -0.39 is 12.1 Å². The highest BCUT2D eigenvalue weighted by atomic mass is 79.9. The van der Waals surface area contributed by atoms with Crippen molar-refractivity contribution in [3.8, 4) is 17.3 Å². The number of esters is 1. The minimum Gasteiger partial charge on any atom is -0.477 e. The number of carbonyl (C=O) groups is 1. The number of benzene rings is 3. The van der Waals surface area contributed by atoms with Gasteiger partial charge in [-0.1, -0.05) is 70.5 Å². The molecule has 0 bridgehead atoms. The number of para-hydroxylation sites is 1. The van der Waals surface area contributed by atoms with Gasteiger partial charge in [0.1, 0.15) is 0 Å². The Labute approximate surface area is 207 Å². The Kier molecular flexibility index (Phi) is 8.22. The number of nitrogens with zero attached hydrogens (tertiary/aromatic N) is 2. The molecule has 6 nitrogen and oxygen atoms in total. The minimum atomic E-state index is -0.730. The molecule has 1 aromatic heterocycles. The molecule has 0 aliphatic carbocycles. The van der Waals surface area contributed by atoms with Gasteiger partial charge in [-0.25, -0.2) is 9.78 Å². The molecule has 4 aromatic rings. The number of halogens is 1. The number of aromatic nitrogens is 2. The van der Waals surface area contributed by atoms with E-state index in [9.17, 15) is 4.79 Å². The van der Waals surface area contributed by atoms with Gasteiger partial charge in [-0.3, -0.25) is 0 Å². The molecular formula is C27H25BrN2O4. The molecule has 0 fully saturated rings. The van der Waals surface area contributed by atoms with Crippen LogP contribution in [0, 0.1) is 0 Å². The lowest BCUT2D eigenvalue weighted by molar-refractivity contribution is -0.154. The van der Waals surface area contributed by atoms with Gasteiger partial charge >= 0.3 is 5.97 Å². The molecule has 0 spiro atoms. The third kappa shape index (κ3) is 5.98. The number of carbonyl (C=O) groups excluding carboxylic acids is 1. The fraction of sp³-hybridized carbons (Fsp3) is 0.222. The van der Waals surface area contributed by atoms with Gasteiger partial charge in [0.15, 0.2) is 11.9 Å². The van der Waals surface area contributed by atoms with Gasteiger partial charge in [-0.05, 0) is 42.7 Å². The van der Waals surface area contributed by atoms with E-state index in [4.69, 9.17) is 19.2 Å². The van der Waals surface area contributed by atoms with Crippen LogP contribution in [0.5, 0.6) is 5.88 Å². The lowest BCUT2D eigenvalue weighted by Crippen LogP contribution is -2.18. The maximum Gasteiger partial charge on any atom is 0.339 e. The summed E-state index contributed by atoms with van der Waals surface area (Å²) in [6.07, 6.45) is 0.740. The number of hydrogen-bond donors (Lipinski definition) is 0. The van der Waals surface area contributed by atoms with Crippen LogP contribution in [0.2, 0.25) is 0 Å². The average molecular weight is 521 g/mol. The number of hydrogen-bond acceptors (Lipinski definition) is 6. The molecule has 0 aliphatic heterocycles. The molecule has 174 valence electrons. The molecule has 0 N–H and O–H groups in total. The van der Waals surface area contributed by atoms with Crippen molar-refractivity contribution in [1.82, 2.24) is 9.97 Å². The maximum absolute atomic E-state index is 12.1. The van der Waals surface area contributed by atoms with E-state index in [2.05, 4.69) is 20.9 Å². The van der Waals surface area contributed by atoms with Crippen LogP contribution in [0.25, 0.3) is 22.3 Å². The summed E-state index contributed by atoms with van der Waals surface area (Å²) in [5.41, 5.74) is 2.53. The van der Waals surface area contributed by atoms with Crippen LogP contribution in [0.3, 0.4) is 0 Å². The van der Waals surface area contributed by atoms with Crippen LogP contribution in [-0.2, 0) is 14.3 Å². The SMILES string of the molecule is COC(=O)C(OCCCCOc1nc(-c2ccc(Br)cc2)nc2ccccc12)c1ccccc1. The predicted octanol–water partition coefficient (Wildman–Crippen LogP) is 6.15. The molecule has 7 heteroatoms. The molecule has 4 rings (SSSR count). The lowest BCUT2D eigenvalue weighted by Gasteiger charge is -2.16. The van der Waals surface area contributed by atoms with Crippen LogP contribution < -0.4 is 4.74 Å². The van der Waals surface area contributed by atoms with Crippen LogP contribution in [0.1, 0.15) is 24.5 Å². The van der Waals surface area contributed by atoms with Crippen LogP contribution in [-0.4, -0.2) is 36.3 Å². The smallest absolute Gasteiger partial charge is 0.339 e. The zero-order valence-corrected chi connectivity index (χ0v) is 20.4. The van der Waals surface area contributed by atoms with Crippen LogP contribution in [0.15, 0.2) is 83.3 Å². The number of fused-ring (bicyclic) bond motifs is 1. The van der Waals surface area contributed by atoms with Gasteiger partial charge in [0, 0.05) is 16.6 Å². The summed E-state index contributed by atoms with van der Waals surface area (Å²) < 4.78 is 17.8. The summed E-state index contributed by atoms with van der Waals surface area (Å²) in [6.45, 7) is 0.880. The van der Waals surface area contributed by atoms with Crippen molar-refractivity contribution in [2.75, 3.05) is 20.3 Å². The zero-order valence-electron chi connectivity index (χ0n) is 18.8. The van der Waals surface area contributed by atoms with E-state index in [0.717, 1.165) is 39.3 Å². The van der Waals surface area contributed by atoms with Gasteiger partial charge in [-0.15, -0.1) is 0 Å². The van der Waals surface area contributed by atoms with Gasteiger partial charge in [-0.2, -0.15) is 4.98 Å². The molecule has 0 aliphatic rings. The van der Waals surface area contributed by atoms with Crippen molar-refractivity contribution in [3.05, 3.63) is 88.9 Å². The summed E-state index contributed by atoms with van der Waals surface area (Å²) in [5.74, 6) is 0.768. The summed E-state index contributed by atoms with van der Waals surface area (Å²) in [7, 11) is 1.37. The lowest BCUT2D eigenvalue weighted by atomic mass is 10.1. The standard InChI is InChI=1S/C27H25BrN2O4/c1-32-27(31)24(19-9-3-2-4-10-19)33-17-7-8-18-34-26-22-11-5-6-12-23(22)29-25(30-26)20-13-15-21(28)16-14-20/h2-6,9-16,24H,7-8,17-18H2,1H3. The van der Waals surface area contributed by atoms with Gasteiger partial charge in [0.05, 0.1) is 24.6 Å². The molecule has 0 saturated carbocycles. The van der Waals surface area contributed by atoms with E-state index >= 15 is 0 Å². The molecule has 0 radical (unpaired) electrons. The minimum absolute atomic E-state index is 0.407. The fourth-order valence-corrected chi connectivity index (χ4v) is 3.76. The quantitative estimate of drug-likeness (QED) is 0.184. The first-order valence-electron chi connectivity index (χ1n) is 11.1. The Bertz CT molecular complexity index is 1230. The van der Waals surface area contributed by atoms with E-state index in [0.29, 0.717) is 24.9 Å². The predicted molar refractivity (Wildman–Crippen MR) is 135 cm³/mol. The third-order valence-electron chi connectivity index (χ3n) is 5.25. The monoisotopic (exact) mass is 520 g/mol. The van der Waals surface area contributed by atoms with Gasteiger partial charge in [0.25, 0.3) is 0 Å². The Morgan fingerprint density at radius 1 is 0.882 bits per heavy atom. The molecule has 0 amide bonds. The van der Waals surface area contributed by atoms with Crippen LogP contribution in [0.4, 0.5) is 0 Å². The normalized spacial score (nSPS) is 11.8. The fourth-order valence-electron chi connectivity index (χ4n) is 3.49. The summed E-state index contributed by atoms with van der Waals surface area (Å²) in [4.78, 5) is 21.5. The second kappa shape index (κ2) is 11.7. The first-order valence-corrected chi connectivity index (χ1v) is 11.8.